The second kappa shape index (κ2) is 7.28. The van der Waals surface area contributed by atoms with Crippen molar-refractivity contribution < 1.29 is 9.47 Å². The molecule has 1 aliphatic heterocycles. The van der Waals surface area contributed by atoms with Crippen molar-refractivity contribution in [1.82, 2.24) is 9.97 Å². The molecule has 1 aromatic carbocycles. The number of aryl methyl sites for hydroxylation is 1. The summed E-state index contributed by atoms with van der Waals surface area (Å²) in [5.41, 5.74) is 2.10. The molecule has 1 N–H and O–H groups in total. The van der Waals surface area contributed by atoms with E-state index in [1.165, 1.54) is 0 Å². The van der Waals surface area contributed by atoms with Gasteiger partial charge in [0.05, 0.1) is 20.3 Å². The molecule has 0 atom stereocenters. The zero-order valence-corrected chi connectivity index (χ0v) is 13.6. The number of aromatic nitrogens is 2. The quantitative estimate of drug-likeness (QED) is 0.913. The fraction of sp³-hybridized carbons (Fsp3) is 0.412. The van der Waals surface area contributed by atoms with E-state index in [9.17, 15) is 0 Å². The summed E-state index contributed by atoms with van der Waals surface area (Å²) in [5.74, 6) is 2.46. The normalized spacial score (nSPS) is 14.6. The smallest absolute Gasteiger partial charge is 0.227 e. The van der Waals surface area contributed by atoms with Crippen LogP contribution in [0.3, 0.4) is 0 Å². The Kier molecular flexibility index (Phi) is 4.92. The Balaban J connectivity index is 1.70. The molecule has 0 spiro atoms. The van der Waals surface area contributed by atoms with Gasteiger partial charge in [-0.2, -0.15) is 4.98 Å². The van der Waals surface area contributed by atoms with E-state index in [1.807, 2.05) is 31.2 Å². The molecule has 1 aliphatic rings. The maximum absolute atomic E-state index is 5.38. The number of rotatable bonds is 5. The van der Waals surface area contributed by atoms with Crippen LogP contribution in [-0.2, 0) is 11.3 Å². The summed E-state index contributed by atoms with van der Waals surface area (Å²) in [5, 5.41) is 3.37. The fourth-order valence-corrected chi connectivity index (χ4v) is 2.52. The van der Waals surface area contributed by atoms with Crippen LogP contribution < -0.4 is 15.0 Å². The van der Waals surface area contributed by atoms with E-state index in [-0.39, 0.29) is 0 Å². The van der Waals surface area contributed by atoms with Crippen molar-refractivity contribution in [2.24, 2.45) is 0 Å². The first kappa shape index (κ1) is 15.6. The van der Waals surface area contributed by atoms with Gasteiger partial charge in [-0.3, -0.25) is 0 Å². The zero-order valence-electron chi connectivity index (χ0n) is 13.6. The van der Waals surface area contributed by atoms with E-state index in [1.54, 1.807) is 7.11 Å². The summed E-state index contributed by atoms with van der Waals surface area (Å²) >= 11 is 0. The molecule has 2 aromatic rings. The molecule has 6 nitrogen and oxygen atoms in total. The van der Waals surface area contributed by atoms with Gasteiger partial charge in [0, 0.05) is 31.4 Å². The highest BCUT2D eigenvalue weighted by Gasteiger charge is 2.14. The zero-order chi connectivity index (χ0) is 16.1. The Morgan fingerprint density at radius 2 is 2.04 bits per heavy atom. The molecule has 3 rings (SSSR count). The van der Waals surface area contributed by atoms with Crippen LogP contribution >= 0.6 is 0 Å². The molecule has 23 heavy (non-hydrogen) atoms. The number of methoxy groups -OCH3 is 1. The molecule has 0 amide bonds. The first-order valence-electron chi connectivity index (χ1n) is 7.80. The second-order valence-electron chi connectivity index (χ2n) is 5.50. The molecular formula is C17H22N4O2. The molecule has 0 bridgehead atoms. The number of nitrogens with zero attached hydrogens (tertiary/aromatic N) is 3. The van der Waals surface area contributed by atoms with Crippen LogP contribution in [-0.4, -0.2) is 43.4 Å². The van der Waals surface area contributed by atoms with Gasteiger partial charge in [0.2, 0.25) is 5.95 Å². The lowest BCUT2D eigenvalue weighted by Gasteiger charge is -2.27. The monoisotopic (exact) mass is 314 g/mol. The predicted molar refractivity (Wildman–Crippen MR) is 90.1 cm³/mol. The van der Waals surface area contributed by atoms with Gasteiger partial charge in [-0.15, -0.1) is 0 Å². The van der Waals surface area contributed by atoms with Gasteiger partial charge < -0.3 is 19.7 Å². The van der Waals surface area contributed by atoms with Crippen molar-refractivity contribution in [3.05, 3.63) is 41.6 Å². The SMILES string of the molecule is COc1cccc(CNc2cc(C)nc(N3CCOCC3)n2)c1. The maximum atomic E-state index is 5.38. The maximum Gasteiger partial charge on any atom is 0.227 e. The molecule has 1 aromatic heterocycles. The van der Waals surface area contributed by atoms with Gasteiger partial charge in [0.1, 0.15) is 11.6 Å². The molecule has 122 valence electrons. The molecule has 0 radical (unpaired) electrons. The third kappa shape index (κ3) is 4.10. The third-order valence-corrected chi connectivity index (χ3v) is 3.74. The minimum Gasteiger partial charge on any atom is -0.497 e. The summed E-state index contributed by atoms with van der Waals surface area (Å²) in [6.45, 7) is 5.80. The highest BCUT2D eigenvalue weighted by atomic mass is 16.5. The molecule has 0 saturated carbocycles. The second-order valence-corrected chi connectivity index (χ2v) is 5.50. The molecule has 6 heteroatoms. The minimum absolute atomic E-state index is 0.691. The molecular weight excluding hydrogens is 292 g/mol. The minimum atomic E-state index is 0.691. The van der Waals surface area contributed by atoms with E-state index in [0.717, 1.165) is 55.1 Å². The largest absolute Gasteiger partial charge is 0.497 e. The summed E-state index contributed by atoms with van der Waals surface area (Å²) < 4.78 is 10.6. The summed E-state index contributed by atoms with van der Waals surface area (Å²) in [6, 6.07) is 9.97. The summed E-state index contributed by atoms with van der Waals surface area (Å²) in [7, 11) is 1.68. The molecule has 1 fully saturated rings. The average molecular weight is 314 g/mol. The van der Waals surface area contributed by atoms with Crippen LogP contribution in [0.1, 0.15) is 11.3 Å². The van der Waals surface area contributed by atoms with Crippen LogP contribution in [0.25, 0.3) is 0 Å². The van der Waals surface area contributed by atoms with Gasteiger partial charge in [-0.1, -0.05) is 12.1 Å². The van der Waals surface area contributed by atoms with Crippen molar-refractivity contribution in [2.45, 2.75) is 13.5 Å². The van der Waals surface area contributed by atoms with E-state index in [4.69, 9.17) is 9.47 Å². The van der Waals surface area contributed by atoms with Crippen LogP contribution in [0.2, 0.25) is 0 Å². The molecule has 0 unspecified atom stereocenters. The van der Waals surface area contributed by atoms with E-state index in [2.05, 4.69) is 26.3 Å². The van der Waals surface area contributed by atoms with E-state index >= 15 is 0 Å². The highest BCUT2D eigenvalue weighted by molar-refractivity contribution is 5.44. The van der Waals surface area contributed by atoms with Gasteiger partial charge in [-0.25, -0.2) is 4.98 Å². The van der Waals surface area contributed by atoms with Crippen LogP contribution in [0, 0.1) is 6.92 Å². The number of nitrogens with one attached hydrogen (secondary N) is 1. The van der Waals surface area contributed by atoms with Crippen molar-refractivity contribution >= 4 is 11.8 Å². The standard InChI is InChI=1S/C17H22N4O2/c1-13-10-16(18-12-14-4-3-5-15(11-14)22-2)20-17(19-13)21-6-8-23-9-7-21/h3-5,10-11H,6-9,12H2,1-2H3,(H,18,19,20). The molecule has 2 heterocycles. The van der Waals surface area contributed by atoms with Gasteiger partial charge in [0.15, 0.2) is 0 Å². The number of anilines is 2. The van der Waals surface area contributed by atoms with Crippen molar-refractivity contribution in [2.75, 3.05) is 43.6 Å². The predicted octanol–water partition coefficient (Wildman–Crippen LogP) is 2.24. The van der Waals surface area contributed by atoms with E-state index in [0.29, 0.717) is 6.54 Å². The number of hydrogen-bond donors (Lipinski definition) is 1. The number of morpholine rings is 1. The highest BCUT2D eigenvalue weighted by Crippen LogP contribution is 2.17. The van der Waals surface area contributed by atoms with Gasteiger partial charge in [0.25, 0.3) is 0 Å². The number of hydrogen-bond acceptors (Lipinski definition) is 6. The average Bonchev–Trinajstić information content (AvgIpc) is 2.60. The Morgan fingerprint density at radius 3 is 2.83 bits per heavy atom. The molecule has 1 saturated heterocycles. The van der Waals surface area contributed by atoms with Gasteiger partial charge in [-0.05, 0) is 24.6 Å². The van der Waals surface area contributed by atoms with Crippen molar-refractivity contribution in [3.63, 3.8) is 0 Å². The first-order chi connectivity index (χ1) is 11.2. The van der Waals surface area contributed by atoms with Crippen LogP contribution in [0.15, 0.2) is 30.3 Å². The Morgan fingerprint density at radius 1 is 1.22 bits per heavy atom. The Hall–Kier alpha value is -2.34. The van der Waals surface area contributed by atoms with Crippen molar-refractivity contribution in [3.8, 4) is 5.75 Å². The number of benzene rings is 1. The fourth-order valence-electron chi connectivity index (χ4n) is 2.52. The lowest BCUT2D eigenvalue weighted by molar-refractivity contribution is 0.122. The Labute approximate surface area is 136 Å². The number of ether oxygens (including phenoxy) is 2. The third-order valence-electron chi connectivity index (χ3n) is 3.74. The lowest BCUT2D eigenvalue weighted by Crippen LogP contribution is -2.37. The summed E-state index contributed by atoms with van der Waals surface area (Å²) in [4.78, 5) is 11.3. The first-order valence-corrected chi connectivity index (χ1v) is 7.80. The topological polar surface area (TPSA) is 59.5 Å². The lowest BCUT2D eigenvalue weighted by atomic mass is 10.2. The van der Waals surface area contributed by atoms with Gasteiger partial charge >= 0.3 is 0 Å². The van der Waals surface area contributed by atoms with Crippen LogP contribution in [0.5, 0.6) is 5.75 Å². The van der Waals surface area contributed by atoms with Crippen molar-refractivity contribution in [1.29, 1.82) is 0 Å². The van der Waals surface area contributed by atoms with Crippen LogP contribution in [0.4, 0.5) is 11.8 Å². The molecule has 0 aliphatic carbocycles. The Bertz CT molecular complexity index is 657. The van der Waals surface area contributed by atoms with E-state index < -0.39 is 0 Å². The summed E-state index contributed by atoms with van der Waals surface area (Å²) in [6.07, 6.45) is 0.